The lowest BCUT2D eigenvalue weighted by atomic mass is 9.92. The Morgan fingerprint density at radius 2 is 1.80 bits per heavy atom. The van der Waals surface area contributed by atoms with E-state index < -0.39 is 10.0 Å². The van der Waals surface area contributed by atoms with Gasteiger partial charge in [0, 0.05) is 31.3 Å². The van der Waals surface area contributed by atoms with Crippen molar-refractivity contribution >= 4 is 21.6 Å². The molecule has 1 N–H and O–H groups in total. The standard InChI is InChI=1S/C22H24N2O5S/c25-22-9-15(13-24(22)18-6-8-20-21(11-18)29-14-28-20)12-23-30(26,27)19-7-5-16-3-1-2-4-17(16)10-19/h5-8,10-11,15,23H,1-4,9,12-14H2. The number of hydrogen-bond acceptors (Lipinski definition) is 5. The fraction of sp³-hybridized carbons (Fsp3) is 0.409. The molecule has 1 fully saturated rings. The lowest BCUT2D eigenvalue weighted by Gasteiger charge is -2.18. The van der Waals surface area contributed by atoms with Crippen LogP contribution in [0.15, 0.2) is 41.3 Å². The maximum absolute atomic E-state index is 12.8. The van der Waals surface area contributed by atoms with Gasteiger partial charge in [0.05, 0.1) is 4.90 Å². The molecule has 2 heterocycles. The van der Waals surface area contributed by atoms with E-state index in [1.54, 1.807) is 29.2 Å². The molecule has 0 spiro atoms. The maximum Gasteiger partial charge on any atom is 0.240 e. The summed E-state index contributed by atoms with van der Waals surface area (Å²) in [6.45, 7) is 0.872. The predicted octanol–water partition coefficient (Wildman–Crippen LogP) is 2.63. The summed E-state index contributed by atoms with van der Waals surface area (Å²) in [5.74, 6) is 1.18. The number of anilines is 1. The minimum Gasteiger partial charge on any atom is -0.454 e. The van der Waals surface area contributed by atoms with E-state index >= 15 is 0 Å². The van der Waals surface area contributed by atoms with Gasteiger partial charge < -0.3 is 14.4 Å². The van der Waals surface area contributed by atoms with E-state index in [2.05, 4.69) is 4.72 Å². The highest BCUT2D eigenvalue weighted by molar-refractivity contribution is 7.89. The molecule has 2 aromatic rings. The van der Waals surface area contributed by atoms with Crippen LogP contribution in [0.5, 0.6) is 11.5 Å². The zero-order valence-electron chi connectivity index (χ0n) is 16.6. The molecule has 1 atom stereocenters. The van der Waals surface area contributed by atoms with Crippen molar-refractivity contribution in [2.24, 2.45) is 5.92 Å². The van der Waals surface area contributed by atoms with Gasteiger partial charge in [-0.25, -0.2) is 13.1 Å². The fourth-order valence-corrected chi connectivity index (χ4v) is 5.58. The number of carbonyl (C=O) groups is 1. The van der Waals surface area contributed by atoms with Gasteiger partial charge in [-0.1, -0.05) is 6.07 Å². The van der Waals surface area contributed by atoms with E-state index in [1.807, 2.05) is 12.1 Å². The van der Waals surface area contributed by atoms with Crippen LogP contribution in [0.25, 0.3) is 0 Å². The van der Waals surface area contributed by atoms with Gasteiger partial charge in [0.15, 0.2) is 11.5 Å². The molecule has 5 rings (SSSR count). The predicted molar refractivity (Wildman–Crippen MR) is 111 cm³/mol. The van der Waals surface area contributed by atoms with Gasteiger partial charge in [0.1, 0.15) is 0 Å². The summed E-state index contributed by atoms with van der Waals surface area (Å²) >= 11 is 0. The lowest BCUT2D eigenvalue weighted by molar-refractivity contribution is -0.117. The highest BCUT2D eigenvalue weighted by Crippen LogP contribution is 2.37. The minimum atomic E-state index is -3.61. The highest BCUT2D eigenvalue weighted by atomic mass is 32.2. The molecule has 0 saturated carbocycles. The van der Waals surface area contributed by atoms with Gasteiger partial charge in [0.2, 0.25) is 22.7 Å². The van der Waals surface area contributed by atoms with Crippen LogP contribution in [0.4, 0.5) is 5.69 Å². The zero-order valence-corrected chi connectivity index (χ0v) is 17.4. The van der Waals surface area contributed by atoms with Gasteiger partial charge in [-0.2, -0.15) is 0 Å². The summed E-state index contributed by atoms with van der Waals surface area (Å²) in [5, 5.41) is 0. The highest BCUT2D eigenvalue weighted by Gasteiger charge is 2.32. The number of amides is 1. The van der Waals surface area contributed by atoms with E-state index in [4.69, 9.17) is 9.47 Å². The maximum atomic E-state index is 12.8. The fourth-order valence-electron chi connectivity index (χ4n) is 4.41. The van der Waals surface area contributed by atoms with Crippen molar-refractivity contribution in [3.05, 3.63) is 47.5 Å². The molecule has 1 aliphatic carbocycles. The van der Waals surface area contributed by atoms with Crippen LogP contribution in [-0.2, 0) is 27.7 Å². The van der Waals surface area contributed by atoms with E-state index in [0.717, 1.165) is 36.9 Å². The number of benzene rings is 2. The molecular formula is C22H24N2O5S. The molecule has 2 aliphatic heterocycles. The van der Waals surface area contributed by atoms with Gasteiger partial charge >= 0.3 is 0 Å². The van der Waals surface area contributed by atoms with Crippen LogP contribution in [0.2, 0.25) is 0 Å². The molecule has 8 heteroatoms. The lowest BCUT2D eigenvalue weighted by Crippen LogP contribution is -2.31. The van der Waals surface area contributed by atoms with Crippen LogP contribution < -0.4 is 19.1 Å². The number of nitrogens with zero attached hydrogens (tertiary/aromatic N) is 1. The first-order valence-corrected chi connectivity index (χ1v) is 11.8. The second kappa shape index (κ2) is 7.59. The minimum absolute atomic E-state index is 0.0214. The average Bonchev–Trinajstić information content (AvgIpc) is 3.37. The topological polar surface area (TPSA) is 84.9 Å². The average molecular weight is 429 g/mol. The number of ether oxygens (including phenoxy) is 2. The summed E-state index contributed by atoms with van der Waals surface area (Å²) in [6, 6.07) is 10.8. The van der Waals surface area contributed by atoms with E-state index in [0.29, 0.717) is 29.4 Å². The molecule has 0 bridgehead atoms. The summed E-state index contributed by atoms with van der Waals surface area (Å²) < 4.78 is 39.0. The van der Waals surface area contributed by atoms with Crippen molar-refractivity contribution in [2.75, 3.05) is 24.8 Å². The number of hydrogen-bond donors (Lipinski definition) is 1. The van der Waals surface area contributed by atoms with Gasteiger partial charge in [0.25, 0.3) is 0 Å². The third-order valence-corrected chi connectivity index (χ3v) is 7.49. The molecular weight excluding hydrogens is 404 g/mol. The van der Waals surface area contributed by atoms with Gasteiger partial charge in [-0.15, -0.1) is 0 Å². The first-order chi connectivity index (χ1) is 14.5. The van der Waals surface area contributed by atoms with Crippen molar-refractivity contribution in [1.29, 1.82) is 0 Å². The van der Waals surface area contributed by atoms with Crippen LogP contribution in [0.3, 0.4) is 0 Å². The van der Waals surface area contributed by atoms with Crippen molar-refractivity contribution in [2.45, 2.75) is 37.0 Å². The molecule has 1 saturated heterocycles. The van der Waals surface area contributed by atoms with E-state index in [9.17, 15) is 13.2 Å². The Bertz CT molecular complexity index is 1100. The van der Waals surface area contributed by atoms with Crippen LogP contribution in [0, 0.1) is 5.92 Å². The van der Waals surface area contributed by atoms with Crippen molar-refractivity contribution < 1.29 is 22.7 Å². The van der Waals surface area contributed by atoms with Crippen molar-refractivity contribution in [3.63, 3.8) is 0 Å². The first kappa shape index (κ1) is 19.4. The third-order valence-electron chi connectivity index (χ3n) is 6.07. The van der Waals surface area contributed by atoms with E-state index in [1.165, 1.54) is 5.56 Å². The molecule has 7 nitrogen and oxygen atoms in total. The number of aryl methyl sites for hydroxylation is 2. The Morgan fingerprint density at radius 3 is 2.67 bits per heavy atom. The van der Waals surface area contributed by atoms with Crippen LogP contribution >= 0.6 is 0 Å². The van der Waals surface area contributed by atoms with E-state index in [-0.39, 0.29) is 25.2 Å². The summed E-state index contributed by atoms with van der Waals surface area (Å²) in [4.78, 5) is 14.5. The summed E-state index contributed by atoms with van der Waals surface area (Å²) in [6.07, 6.45) is 4.52. The normalized spacial score (nSPS) is 20.5. The third kappa shape index (κ3) is 3.65. The van der Waals surface area contributed by atoms with Crippen LogP contribution in [-0.4, -0.2) is 34.2 Å². The number of nitrogens with one attached hydrogen (secondary N) is 1. The molecule has 1 amide bonds. The Morgan fingerprint density at radius 1 is 1.00 bits per heavy atom. The molecule has 0 radical (unpaired) electrons. The molecule has 3 aliphatic rings. The monoisotopic (exact) mass is 428 g/mol. The molecule has 2 aromatic carbocycles. The smallest absolute Gasteiger partial charge is 0.240 e. The number of carbonyl (C=O) groups excluding carboxylic acids is 1. The second-order valence-electron chi connectivity index (χ2n) is 8.10. The van der Waals surface area contributed by atoms with Crippen molar-refractivity contribution in [3.8, 4) is 11.5 Å². The largest absolute Gasteiger partial charge is 0.454 e. The summed E-state index contributed by atoms with van der Waals surface area (Å²) in [7, 11) is -3.61. The molecule has 0 aromatic heterocycles. The van der Waals surface area contributed by atoms with Crippen LogP contribution in [0.1, 0.15) is 30.4 Å². The Hall–Kier alpha value is -2.58. The first-order valence-electron chi connectivity index (χ1n) is 10.3. The number of fused-ring (bicyclic) bond motifs is 2. The summed E-state index contributed by atoms with van der Waals surface area (Å²) in [5.41, 5.74) is 3.12. The second-order valence-corrected chi connectivity index (χ2v) is 9.87. The Balaban J connectivity index is 1.25. The quantitative estimate of drug-likeness (QED) is 0.791. The Labute approximate surface area is 176 Å². The molecule has 158 valence electrons. The molecule has 30 heavy (non-hydrogen) atoms. The van der Waals surface area contributed by atoms with Gasteiger partial charge in [-0.05, 0) is 67.0 Å². The van der Waals surface area contributed by atoms with Crippen molar-refractivity contribution in [1.82, 2.24) is 4.72 Å². The SMILES string of the molecule is O=C1CC(CNS(=O)(=O)c2ccc3c(c2)CCCC3)CN1c1ccc2c(c1)OCO2. The molecule has 1 unspecified atom stereocenters. The Kier molecular flexibility index (Phi) is 4.91. The number of rotatable bonds is 5. The number of sulfonamides is 1. The zero-order chi connectivity index (χ0) is 20.7. The van der Waals surface area contributed by atoms with Gasteiger partial charge in [-0.3, -0.25) is 4.79 Å².